The summed E-state index contributed by atoms with van der Waals surface area (Å²) < 4.78 is 27.6. The molecule has 4 aromatic carbocycles. The number of aromatic nitrogens is 2. The van der Waals surface area contributed by atoms with E-state index in [9.17, 15) is 9.18 Å². The Morgan fingerprint density at radius 2 is 1.68 bits per heavy atom. The number of fused-ring (bicyclic) bond motifs is 2. The van der Waals surface area contributed by atoms with Gasteiger partial charge in [0.15, 0.2) is 11.5 Å². The summed E-state index contributed by atoms with van der Waals surface area (Å²) in [7, 11) is 0. The molecular formula is C34H33FN6O3. The number of nitrogen functional groups attached to an aromatic ring is 1. The summed E-state index contributed by atoms with van der Waals surface area (Å²) in [6.45, 7) is 1.41. The number of benzene rings is 4. The first kappa shape index (κ1) is 28.9. The van der Waals surface area contributed by atoms with Gasteiger partial charge in [0.2, 0.25) is 6.79 Å². The van der Waals surface area contributed by atoms with Crippen molar-refractivity contribution in [3.8, 4) is 11.5 Å². The molecule has 5 aromatic rings. The molecule has 9 nitrogen and oxygen atoms in total. The predicted molar refractivity (Wildman–Crippen MR) is 166 cm³/mol. The van der Waals surface area contributed by atoms with Gasteiger partial charge in [-0.25, -0.2) is 9.37 Å². The Balaban J connectivity index is 1.31. The number of rotatable bonds is 11. The number of ether oxygens (including phenoxy) is 2. The van der Waals surface area contributed by atoms with E-state index in [1.54, 1.807) is 35.2 Å². The molecule has 1 aliphatic heterocycles. The lowest BCUT2D eigenvalue weighted by Gasteiger charge is -2.22. The molecule has 0 atom stereocenters. The summed E-state index contributed by atoms with van der Waals surface area (Å²) in [4.78, 5) is 20.2. The number of aryl methyl sites for hydroxylation is 2. The molecule has 6 rings (SSSR count). The Morgan fingerprint density at radius 1 is 0.932 bits per heavy atom. The van der Waals surface area contributed by atoms with Gasteiger partial charge in [-0.05, 0) is 53.9 Å². The first-order valence-corrected chi connectivity index (χ1v) is 14.4. The van der Waals surface area contributed by atoms with Crippen LogP contribution in [0, 0.1) is 11.2 Å². The largest absolute Gasteiger partial charge is 0.454 e. The Morgan fingerprint density at radius 3 is 2.45 bits per heavy atom. The van der Waals surface area contributed by atoms with E-state index in [0.717, 1.165) is 34.6 Å². The maximum Gasteiger partial charge on any atom is 0.254 e. The van der Waals surface area contributed by atoms with Gasteiger partial charge in [-0.3, -0.25) is 10.2 Å². The standard InChI is InChI=1S/C34H33FN6O3/c35-27-4-2-1-3-26(27)20-40(16-15-36)34(42)25-11-12-29-28(18-25)39-32(14-8-22-5-9-24(10-6-22)33(37)38)41(29)19-23-7-13-30-31(17-23)44-21-43-30/h1-7,9-13,17-18H,8,14-16,19-21,36H2,(H3,37,38). The van der Waals surface area contributed by atoms with Crippen molar-refractivity contribution in [1.82, 2.24) is 14.5 Å². The second-order valence-electron chi connectivity index (χ2n) is 10.7. The number of nitrogens with zero attached hydrogens (tertiary/aromatic N) is 3. The van der Waals surface area contributed by atoms with Gasteiger partial charge >= 0.3 is 0 Å². The van der Waals surface area contributed by atoms with Gasteiger partial charge in [-0.1, -0.05) is 48.5 Å². The minimum atomic E-state index is -0.361. The second-order valence-corrected chi connectivity index (χ2v) is 10.7. The molecule has 0 spiro atoms. The molecule has 224 valence electrons. The normalized spacial score (nSPS) is 12.0. The van der Waals surface area contributed by atoms with Gasteiger partial charge in [0.05, 0.1) is 11.0 Å². The molecule has 0 saturated heterocycles. The molecule has 0 fully saturated rings. The predicted octanol–water partition coefficient (Wildman–Crippen LogP) is 4.62. The monoisotopic (exact) mass is 592 g/mol. The minimum absolute atomic E-state index is 0.0337. The fourth-order valence-corrected chi connectivity index (χ4v) is 5.43. The lowest BCUT2D eigenvalue weighted by molar-refractivity contribution is 0.0747. The molecule has 1 aliphatic rings. The highest BCUT2D eigenvalue weighted by atomic mass is 19.1. The number of nitrogens with one attached hydrogen (secondary N) is 1. The molecule has 10 heteroatoms. The number of amidine groups is 1. The summed E-state index contributed by atoms with van der Waals surface area (Å²) in [6.07, 6.45) is 1.37. The molecule has 1 aromatic heterocycles. The third-order valence-electron chi connectivity index (χ3n) is 7.76. The second kappa shape index (κ2) is 12.6. The third-order valence-corrected chi connectivity index (χ3v) is 7.76. The third kappa shape index (κ3) is 6.11. The molecule has 44 heavy (non-hydrogen) atoms. The minimum Gasteiger partial charge on any atom is -0.454 e. The van der Waals surface area contributed by atoms with Crippen molar-refractivity contribution in [3.63, 3.8) is 0 Å². The van der Waals surface area contributed by atoms with Crippen molar-refractivity contribution in [2.75, 3.05) is 19.9 Å². The fraction of sp³-hybridized carbons (Fsp3) is 0.206. The van der Waals surface area contributed by atoms with Gasteiger partial charge in [-0.2, -0.15) is 0 Å². The van der Waals surface area contributed by atoms with Crippen LogP contribution in [0.3, 0.4) is 0 Å². The molecule has 0 radical (unpaired) electrons. The van der Waals surface area contributed by atoms with Crippen molar-refractivity contribution < 1.29 is 18.7 Å². The molecule has 0 bridgehead atoms. The van der Waals surface area contributed by atoms with Crippen molar-refractivity contribution in [1.29, 1.82) is 5.41 Å². The van der Waals surface area contributed by atoms with Gasteiger partial charge < -0.3 is 30.4 Å². The number of carbonyl (C=O) groups is 1. The first-order chi connectivity index (χ1) is 21.4. The van der Waals surface area contributed by atoms with E-state index in [-0.39, 0.29) is 44.0 Å². The van der Waals surface area contributed by atoms with Crippen molar-refractivity contribution >= 4 is 22.8 Å². The zero-order valence-electron chi connectivity index (χ0n) is 24.1. The summed E-state index contributed by atoms with van der Waals surface area (Å²) in [5.41, 5.74) is 16.7. The summed E-state index contributed by atoms with van der Waals surface area (Å²) >= 11 is 0. The van der Waals surface area contributed by atoms with Gasteiger partial charge in [-0.15, -0.1) is 0 Å². The van der Waals surface area contributed by atoms with Gasteiger partial charge in [0.25, 0.3) is 5.91 Å². The summed E-state index contributed by atoms with van der Waals surface area (Å²) in [5.74, 6) is 1.73. The summed E-state index contributed by atoms with van der Waals surface area (Å²) in [6, 6.07) is 25.5. The quantitative estimate of drug-likeness (QED) is 0.151. The molecule has 5 N–H and O–H groups in total. The van der Waals surface area contributed by atoms with E-state index in [4.69, 9.17) is 31.3 Å². The first-order valence-electron chi connectivity index (χ1n) is 14.4. The van der Waals surface area contributed by atoms with Crippen LogP contribution in [-0.4, -0.2) is 46.1 Å². The van der Waals surface area contributed by atoms with E-state index in [1.165, 1.54) is 6.07 Å². The fourth-order valence-electron chi connectivity index (χ4n) is 5.43. The smallest absolute Gasteiger partial charge is 0.254 e. The highest BCUT2D eigenvalue weighted by Crippen LogP contribution is 2.33. The lowest BCUT2D eigenvalue weighted by atomic mass is 10.1. The van der Waals surface area contributed by atoms with Gasteiger partial charge in [0.1, 0.15) is 17.5 Å². The zero-order valence-corrected chi connectivity index (χ0v) is 24.1. The van der Waals surface area contributed by atoms with E-state index >= 15 is 0 Å². The van der Waals surface area contributed by atoms with Crippen molar-refractivity contribution in [2.45, 2.75) is 25.9 Å². The van der Waals surface area contributed by atoms with Crippen LogP contribution in [0.5, 0.6) is 11.5 Å². The van der Waals surface area contributed by atoms with Crippen LogP contribution in [0.4, 0.5) is 4.39 Å². The molecule has 0 saturated carbocycles. The Kier molecular flexibility index (Phi) is 8.25. The molecular weight excluding hydrogens is 559 g/mol. The number of nitrogens with two attached hydrogens (primary N) is 2. The number of carbonyl (C=O) groups excluding carboxylic acids is 1. The van der Waals surface area contributed by atoms with Crippen molar-refractivity contribution in [3.05, 3.63) is 124 Å². The Hall–Kier alpha value is -5.22. The number of amides is 1. The van der Waals surface area contributed by atoms with Crippen LogP contribution in [0.1, 0.15) is 38.4 Å². The molecule has 2 heterocycles. The van der Waals surface area contributed by atoms with E-state index in [0.29, 0.717) is 40.9 Å². The number of halogens is 1. The average Bonchev–Trinajstić information content (AvgIpc) is 3.64. The Bertz CT molecular complexity index is 1840. The maximum absolute atomic E-state index is 14.4. The summed E-state index contributed by atoms with van der Waals surface area (Å²) in [5, 5.41) is 7.65. The molecule has 0 unspecified atom stereocenters. The van der Waals surface area contributed by atoms with Gasteiger partial charge in [0, 0.05) is 49.3 Å². The average molecular weight is 593 g/mol. The number of hydrogen-bond acceptors (Lipinski definition) is 6. The van der Waals surface area contributed by atoms with Crippen LogP contribution in [0.25, 0.3) is 11.0 Å². The SMILES string of the molecule is N=C(N)c1ccc(CCc2nc3cc(C(=O)N(CCN)Cc4ccccc4F)ccc3n2Cc2ccc3c(c2)OCO3)cc1. The van der Waals surface area contributed by atoms with Crippen LogP contribution < -0.4 is 20.9 Å². The van der Waals surface area contributed by atoms with E-state index in [2.05, 4.69) is 4.57 Å². The van der Waals surface area contributed by atoms with E-state index < -0.39 is 0 Å². The molecule has 1 amide bonds. The number of imidazole rings is 1. The maximum atomic E-state index is 14.4. The topological polar surface area (TPSA) is 132 Å². The number of hydrogen-bond donors (Lipinski definition) is 3. The highest BCUT2D eigenvalue weighted by Gasteiger charge is 2.20. The van der Waals surface area contributed by atoms with Crippen LogP contribution in [-0.2, 0) is 25.9 Å². The molecule has 0 aliphatic carbocycles. The Labute approximate surface area is 254 Å². The van der Waals surface area contributed by atoms with Crippen molar-refractivity contribution in [2.24, 2.45) is 11.5 Å². The highest BCUT2D eigenvalue weighted by molar-refractivity contribution is 5.97. The lowest BCUT2D eigenvalue weighted by Crippen LogP contribution is -2.35. The zero-order chi connectivity index (χ0) is 30.6. The van der Waals surface area contributed by atoms with E-state index in [1.807, 2.05) is 48.5 Å². The van der Waals surface area contributed by atoms with Crippen LogP contribution in [0.2, 0.25) is 0 Å². The van der Waals surface area contributed by atoms with Crippen LogP contribution >= 0.6 is 0 Å². The van der Waals surface area contributed by atoms with Crippen LogP contribution in [0.15, 0.2) is 84.9 Å².